The molecule has 5 aromatic heterocycles. The first-order valence-electron chi connectivity index (χ1n) is 19.6. The van der Waals surface area contributed by atoms with Gasteiger partial charge in [0, 0.05) is 53.1 Å². The second-order valence-electron chi connectivity index (χ2n) is 16.2. The molecule has 344 valence electrons. The molecule has 0 amide bonds. The monoisotopic (exact) mass is 1020 g/mol. The molecule has 0 bridgehead atoms. The third kappa shape index (κ3) is 13.2. The van der Waals surface area contributed by atoms with Crippen LogP contribution in [0.2, 0.25) is 0 Å². The Morgan fingerprint density at radius 2 is 1.12 bits per heavy atom. The van der Waals surface area contributed by atoms with Crippen LogP contribution in [0.1, 0.15) is 58.4 Å². The Kier molecular flexibility index (Phi) is 17.4. The minimum atomic E-state index is -4.80. The zero-order chi connectivity index (χ0) is 48.4. The van der Waals surface area contributed by atoms with E-state index in [4.69, 9.17) is 30.8 Å². The van der Waals surface area contributed by atoms with E-state index in [0.29, 0.717) is 41.8 Å². The molecule has 7 aromatic rings. The second-order valence-corrected chi connectivity index (χ2v) is 16.4. The molecule has 0 saturated heterocycles. The van der Waals surface area contributed by atoms with Crippen molar-refractivity contribution in [2.75, 3.05) is 0 Å². The molecule has 0 saturated carbocycles. The SMILES string of the molecule is CC(C)(C)c1ccc2c(c1)c1cc(C(C)(C)C)ccc1n2-c1ccc(/C([NH-])=C/C(=N)C(F)(F)F)nc1.O=COc1ccnc(-c2cc(OC=O)cc(-c3cc(OC=O)ccn3)n2)c1.[N-]=C=S.[Ru+2]. The largest absolute Gasteiger partial charge is 2.00 e. The van der Waals surface area contributed by atoms with Crippen molar-refractivity contribution in [3.8, 4) is 45.7 Å². The Hall–Kier alpha value is -7.33. The number of carbonyl (C=O) groups excluding carboxylic acids is 3. The molecule has 0 aliphatic carbocycles. The molecular formula is C48H41F3N8O6RuS. The summed E-state index contributed by atoms with van der Waals surface area (Å²) in [7, 11) is 0. The van der Waals surface area contributed by atoms with Crippen LogP contribution in [0.4, 0.5) is 13.2 Å². The molecule has 2 N–H and O–H groups in total. The van der Waals surface area contributed by atoms with Crippen molar-refractivity contribution in [1.82, 2.24) is 24.5 Å². The third-order valence-corrected chi connectivity index (χ3v) is 9.71. The molecule has 14 nitrogen and oxygen atoms in total. The van der Waals surface area contributed by atoms with Gasteiger partial charge in [-0.05, 0) is 76.6 Å². The number of halogens is 3. The molecule has 0 aliphatic rings. The number of thiocarbonyl (C=S) groups is 1. The number of pyridine rings is 4. The Morgan fingerprint density at radius 3 is 1.51 bits per heavy atom. The number of fused-ring (bicyclic) bond motifs is 3. The maximum Gasteiger partial charge on any atom is 2.00 e. The van der Waals surface area contributed by atoms with E-state index >= 15 is 0 Å². The summed E-state index contributed by atoms with van der Waals surface area (Å²) in [6, 6.07) is 25.2. The quantitative estimate of drug-likeness (QED) is 0.0558. The molecule has 0 spiro atoms. The molecule has 0 aliphatic heterocycles. The predicted molar refractivity (Wildman–Crippen MR) is 249 cm³/mol. The number of nitrogens with one attached hydrogen (secondary N) is 2. The van der Waals surface area contributed by atoms with Crippen molar-refractivity contribution in [1.29, 1.82) is 5.41 Å². The van der Waals surface area contributed by atoms with Gasteiger partial charge in [0.2, 0.25) is 0 Å². The minimum Gasteiger partial charge on any atom is -0.753 e. The van der Waals surface area contributed by atoms with E-state index in [1.807, 2.05) is 0 Å². The first-order valence-corrected chi connectivity index (χ1v) is 20.0. The zero-order valence-electron chi connectivity index (χ0n) is 36.7. The third-order valence-electron chi connectivity index (χ3n) is 9.71. The van der Waals surface area contributed by atoms with E-state index in [9.17, 15) is 27.6 Å². The number of carbonyl (C=O) groups is 3. The number of alkyl halides is 3. The summed E-state index contributed by atoms with van der Waals surface area (Å²) >= 11 is 3.70. The number of allylic oxidation sites excluding steroid dienone is 1. The number of rotatable bonds is 11. The summed E-state index contributed by atoms with van der Waals surface area (Å²) in [6.07, 6.45) is 0.125. The first kappa shape index (κ1) is 52.3. The maximum absolute atomic E-state index is 12.7. The van der Waals surface area contributed by atoms with Gasteiger partial charge in [-0.15, -0.1) is 5.70 Å². The van der Waals surface area contributed by atoms with Crippen molar-refractivity contribution in [3.05, 3.63) is 138 Å². The second kappa shape index (κ2) is 22.2. The van der Waals surface area contributed by atoms with Gasteiger partial charge >= 0.3 is 25.7 Å². The molecular weight excluding hydrogens is 975 g/mol. The molecule has 7 rings (SSSR count). The molecule has 0 radical (unpaired) electrons. The number of aromatic nitrogens is 5. The summed E-state index contributed by atoms with van der Waals surface area (Å²) in [5, 5.41) is 17.8. The summed E-state index contributed by atoms with van der Waals surface area (Å²) < 4.78 is 54.7. The van der Waals surface area contributed by atoms with E-state index < -0.39 is 17.6 Å². The van der Waals surface area contributed by atoms with Crippen molar-refractivity contribution < 1.29 is 61.2 Å². The van der Waals surface area contributed by atoms with Crippen LogP contribution in [-0.2, 0) is 44.7 Å². The summed E-state index contributed by atoms with van der Waals surface area (Å²) in [5.41, 5.74) is 12.6. The van der Waals surface area contributed by atoms with Gasteiger partial charge in [-0.1, -0.05) is 65.9 Å². The summed E-state index contributed by atoms with van der Waals surface area (Å²) in [6.45, 7) is 14.0. The molecule has 0 unspecified atom stereocenters. The van der Waals surface area contributed by atoms with Crippen LogP contribution in [0.15, 0.2) is 110 Å². The van der Waals surface area contributed by atoms with Gasteiger partial charge in [-0.25, -0.2) is 4.98 Å². The van der Waals surface area contributed by atoms with Crippen molar-refractivity contribution >= 4 is 70.0 Å². The Balaban J connectivity index is 0.000000282. The molecule has 0 atom stereocenters. The maximum atomic E-state index is 12.7. The van der Waals surface area contributed by atoms with E-state index in [-0.39, 0.29) is 59.7 Å². The first-order chi connectivity index (χ1) is 31.2. The van der Waals surface area contributed by atoms with Crippen molar-refractivity contribution in [2.24, 2.45) is 0 Å². The fourth-order valence-corrected chi connectivity index (χ4v) is 6.46. The van der Waals surface area contributed by atoms with Crippen molar-refractivity contribution in [3.63, 3.8) is 0 Å². The topological polar surface area (TPSA) is 205 Å². The fraction of sp³-hybridized carbons (Fsp3) is 0.188. The van der Waals surface area contributed by atoms with Gasteiger partial charge in [-0.3, -0.25) is 34.7 Å². The van der Waals surface area contributed by atoms with E-state index in [1.165, 1.54) is 71.1 Å². The Bertz CT molecular complexity index is 2850. The normalized spacial score (nSPS) is 11.4. The van der Waals surface area contributed by atoms with Crippen LogP contribution < -0.4 is 14.2 Å². The number of hydrogen-bond acceptors (Lipinski definition) is 12. The standard InChI is InChI=1S/C29H30F3N4.C18H11N3O6.CNS.Ru/c1-27(2,3)17-7-11-24-20(13-17)21-14-18(28(4,5)6)8-12-25(21)36(24)19-9-10-23(35-16-19)22(33)15-26(34)29(30,31)32;22-9-25-12-1-3-19-15(5-12)17-7-14(27-11-24)8-18(21-17)16-6-13(26-10-23)2-4-20-16;2-1-3;/h7-16,33-34H,1-6H3;1-11H;;/q-1;;-1;+2/b22-15-,34-26?;;;. The predicted octanol–water partition coefficient (Wildman–Crippen LogP) is 11.2. The van der Waals surface area contributed by atoms with Gasteiger partial charge in [-0.2, -0.15) is 18.3 Å². The van der Waals surface area contributed by atoms with Crippen LogP contribution in [0, 0.1) is 5.41 Å². The number of nitrogens with zero attached hydrogens (tertiary/aromatic N) is 6. The van der Waals surface area contributed by atoms with E-state index in [0.717, 1.165) is 27.5 Å². The van der Waals surface area contributed by atoms with E-state index in [2.05, 4.69) is 115 Å². The van der Waals surface area contributed by atoms with Crippen LogP contribution in [0.3, 0.4) is 0 Å². The fourth-order valence-electron chi connectivity index (χ4n) is 6.46. The van der Waals surface area contributed by atoms with Crippen LogP contribution in [-0.4, -0.2) is 61.0 Å². The average Bonchev–Trinajstić information content (AvgIpc) is 3.60. The Morgan fingerprint density at radius 1 is 0.687 bits per heavy atom. The number of isothiocyanates is 1. The van der Waals surface area contributed by atoms with Crippen LogP contribution >= 0.6 is 12.2 Å². The zero-order valence-corrected chi connectivity index (χ0v) is 39.2. The van der Waals surface area contributed by atoms with E-state index in [1.54, 1.807) is 12.3 Å². The minimum absolute atomic E-state index is 0. The van der Waals surface area contributed by atoms with Gasteiger partial charge in [0.25, 0.3) is 19.4 Å². The average molecular weight is 1020 g/mol. The van der Waals surface area contributed by atoms with Crippen LogP contribution in [0.25, 0.3) is 67.1 Å². The molecule has 19 heteroatoms. The van der Waals surface area contributed by atoms with Gasteiger partial charge in [0.05, 0.1) is 45.7 Å². The summed E-state index contributed by atoms with van der Waals surface area (Å²) in [4.78, 5) is 48.9. The smallest absolute Gasteiger partial charge is 0.753 e. The van der Waals surface area contributed by atoms with Gasteiger partial charge in [0.1, 0.15) is 23.0 Å². The van der Waals surface area contributed by atoms with Gasteiger partial charge < -0.3 is 29.9 Å². The molecule has 5 heterocycles. The molecule has 2 aromatic carbocycles. The number of ether oxygens (including phenoxy) is 3. The van der Waals surface area contributed by atoms with Gasteiger partial charge in [0.15, 0.2) is 0 Å². The molecule has 67 heavy (non-hydrogen) atoms. The molecule has 0 fully saturated rings. The van der Waals surface area contributed by atoms with Crippen molar-refractivity contribution in [2.45, 2.75) is 58.5 Å². The number of benzene rings is 2. The Labute approximate surface area is 401 Å². The number of hydrogen-bond donors (Lipinski definition) is 1. The van der Waals surface area contributed by atoms with Crippen LogP contribution in [0.5, 0.6) is 17.2 Å². The summed E-state index contributed by atoms with van der Waals surface area (Å²) in [5.74, 6) is 0.760.